The second kappa shape index (κ2) is 11.1. The van der Waals surface area contributed by atoms with Gasteiger partial charge in [-0.1, -0.05) is 79.6 Å². The molecule has 6 rings (SSSR count). The smallest absolute Gasteiger partial charge is 0.0544 e. The van der Waals surface area contributed by atoms with Crippen LogP contribution in [0.4, 0.5) is 0 Å². The molecular weight excluding hydrogens is 450 g/mol. The number of unbranched alkanes of at least 4 members (excludes halogenated alkanes) is 3. The maximum Gasteiger partial charge on any atom is 0.0544 e. The van der Waals surface area contributed by atoms with Gasteiger partial charge in [0, 0.05) is 25.5 Å². The molecule has 37 heavy (non-hydrogen) atoms. The topological polar surface area (TPSA) is 29.0 Å². The van der Waals surface area contributed by atoms with Crippen molar-refractivity contribution in [1.29, 1.82) is 0 Å². The van der Waals surface area contributed by atoms with Crippen LogP contribution in [-0.4, -0.2) is 21.4 Å². The Morgan fingerprint density at radius 1 is 0.514 bits per heavy atom. The number of nitrogens with zero attached hydrogens (tertiary/aromatic N) is 3. The van der Waals surface area contributed by atoms with E-state index in [-0.39, 0.29) is 0 Å². The minimum absolute atomic E-state index is 0.861. The third-order valence-electron chi connectivity index (χ3n) is 7.51. The molecule has 4 aromatic carbocycles. The zero-order valence-corrected chi connectivity index (χ0v) is 21.3. The molecule has 0 fully saturated rings. The molecule has 184 valence electrons. The van der Waals surface area contributed by atoms with Crippen LogP contribution in [-0.2, 0) is 19.5 Å². The van der Waals surface area contributed by atoms with Crippen molar-refractivity contribution in [3.05, 3.63) is 120 Å². The SMILES string of the molecule is c1ccc(CN(CCCCCCc2ccc3ccc4cccc5ccc2c3c45)Cc2ccccn2)nc1. The van der Waals surface area contributed by atoms with Gasteiger partial charge >= 0.3 is 0 Å². The van der Waals surface area contributed by atoms with Crippen molar-refractivity contribution >= 4 is 32.3 Å². The van der Waals surface area contributed by atoms with Crippen molar-refractivity contribution in [2.75, 3.05) is 6.54 Å². The van der Waals surface area contributed by atoms with Crippen LogP contribution in [0.2, 0.25) is 0 Å². The van der Waals surface area contributed by atoms with E-state index in [1.165, 1.54) is 63.6 Å². The van der Waals surface area contributed by atoms with Gasteiger partial charge in [-0.2, -0.15) is 0 Å². The van der Waals surface area contributed by atoms with E-state index in [1.807, 2.05) is 24.5 Å². The summed E-state index contributed by atoms with van der Waals surface area (Å²) >= 11 is 0. The molecule has 3 heteroatoms. The van der Waals surface area contributed by atoms with Crippen LogP contribution >= 0.6 is 0 Å². The van der Waals surface area contributed by atoms with Crippen LogP contribution in [0.5, 0.6) is 0 Å². The summed E-state index contributed by atoms with van der Waals surface area (Å²) in [7, 11) is 0. The molecule has 3 nitrogen and oxygen atoms in total. The number of hydrogen-bond acceptors (Lipinski definition) is 3. The molecule has 2 aromatic heterocycles. The third-order valence-corrected chi connectivity index (χ3v) is 7.51. The summed E-state index contributed by atoms with van der Waals surface area (Å²) in [5.74, 6) is 0. The average molecular weight is 484 g/mol. The Morgan fingerprint density at radius 3 is 1.81 bits per heavy atom. The molecular formula is C34H33N3. The molecule has 0 aliphatic heterocycles. The molecule has 0 saturated heterocycles. The molecule has 0 aliphatic carbocycles. The Hall–Kier alpha value is -3.82. The van der Waals surface area contributed by atoms with Crippen LogP contribution in [0.15, 0.2) is 103 Å². The highest BCUT2D eigenvalue weighted by molar-refractivity contribution is 6.23. The van der Waals surface area contributed by atoms with Gasteiger partial charge in [0.05, 0.1) is 11.4 Å². The van der Waals surface area contributed by atoms with Crippen LogP contribution in [0.3, 0.4) is 0 Å². The molecule has 6 aromatic rings. The lowest BCUT2D eigenvalue weighted by Gasteiger charge is -2.21. The number of aryl methyl sites for hydroxylation is 1. The number of pyridine rings is 2. The molecule has 0 atom stereocenters. The molecule has 0 saturated carbocycles. The third kappa shape index (κ3) is 5.33. The fourth-order valence-electron chi connectivity index (χ4n) is 5.67. The summed E-state index contributed by atoms with van der Waals surface area (Å²) in [5.41, 5.74) is 3.72. The first kappa shape index (κ1) is 23.6. The van der Waals surface area contributed by atoms with Gasteiger partial charge in [-0.15, -0.1) is 0 Å². The van der Waals surface area contributed by atoms with E-state index < -0.39 is 0 Å². The molecule has 0 bridgehead atoms. The summed E-state index contributed by atoms with van der Waals surface area (Å²) in [6.45, 7) is 2.78. The number of aromatic nitrogens is 2. The largest absolute Gasteiger partial charge is 0.292 e. The van der Waals surface area contributed by atoms with E-state index in [1.54, 1.807) is 0 Å². The highest BCUT2D eigenvalue weighted by atomic mass is 15.1. The minimum Gasteiger partial charge on any atom is -0.292 e. The minimum atomic E-state index is 0.861. The Kier molecular flexibility index (Phi) is 7.05. The molecule has 0 aliphatic rings. The zero-order valence-electron chi connectivity index (χ0n) is 21.3. The Morgan fingerprint density at radius 2 is 1.14 bits per heavy atom. The highest BCUT2D eigenvalue weighted by Gasteiger charge is 2.11. The lowest BCUT2D eigenvalue weighted by atomic mass is 9.90. The summed E-state index contributed by atoms with van der Waals surface area (Å²) in [4.78, 5) is 11.6. The fourth-order valence-corrected chi connectivity index (χ4v) is 5.67. The zero-order chi connectivity index (χ0) is 24.9. The van der Waals surface area contributed by atoms with E-state index >= 15 is 0 Å². The van der Waals surface area contributed by atoms with Crippen molar-refractivity contribution < 1.29 is 0 Å². The van der Waals surface area contributed by atoms with Crippen LogP contribution in [0, 0.1) is 0 Å². The van der Waals surface area contributed by atoms with Gasteiger partial charge < -0.3 is 0 Å². The summed E-state index contributed by atoms with van der Waals surface area (Å²) < 4.78 is 0. The van der Waals surface area contributed by atoms with Gasteiger partial charge in [-0.25, -0.2) is 0 Å². The fraction of sp³-hybridized carbons (Fsp3) is 0.235. The standard InChI is InChI=1S/C34H33N3/c1(2-8-23-37(24-30-13-4-6-21-35-30)25-31-14-5-7-22-36-31)3-10-26-15-16-29-18-17-27-11-9-12-28-19-20-32(26)34(29)33(27)28/h4-7,9,11-22H,1-3,8,10,23-25H2. The summed E-state index contributed by atoms with van der Waals surface area (Å²) in [6.07, 6.45) is 9.82. The second-order valence-electron chi connectivity index (χ2n) is 10.1. The predicted molar refractivity (Wildman–Crippen MR) is 155 cm³/mol. The maximum absolute atomic E-state index is 4.54. The Labute approximate surface area is 219 Å². The van der Waals surface area contributed by atoms with Crippen molar-refractivity contribution in [1.82, 2.24) is 14.9 Å². The van der Waals surface area contributed by atoms with Crippen molar-refractivity contribution in [3.8, 4) is 0 Å². The molecule has 2 heterocycles. The second-order valence-corrected chi connectivity index (χ2v) is 10.1. The number of benzene rings is 4. The molecule has 0 unspecified atom stereocenters. The molecule has 0 spiro atoms. The summed E-state index contributed by atoms with van der Waals surface area (Å²) in [5, 5.41) is 8.32. The van der Waals surface area contributed by atoms with Crippen LogP contribution in [0.25, 0.3) is 32.3 Å². The highest BCUT2D eigenvalue weighted by Crippen LogP contribution is 2.36. The normalized spacial score (nSPS) is 11.8. The van der Waals surface area contributed by atoms with E-state index in [2.05, 4.69) is 93.7 Å². The van der Waals surface area contributed by atoms with E-state index in [0.29, 0.717) is 0 Å². The first-order valence-electron chi connectivity index (χ1n) is 13.5. The van der Waals surface area contributed by atoms with Crippen molar-refractivity contribution in [3.63, 3.8) is 0 Å². The van der Waals surface area contributed by atoms with Crippen molar-refractivity contribution in [2.24, 2.45) is 0 Å². The first-order chi connectivity index (χ1) is 18.3. The monoisotopic (exact) mass is 483 g/mol. The van der Waals surface area contributed by atoms with Gasteiger partial charge in [0.2, 0.25) is 0 Å². The van der Waals surface area contributed by atoms with E-state index in [0.717, 1.165) is 37.4 Å². The first-order valence-corrected chi connectivity index (χ1v) is 13.5. The Balaban J connectivity index is 1.07. The summed E-state index contributed by atoms with van der Waals surface area (Å²) in [6, 6.07) is 32.8. The van der Waals surface area contributed by atoms with E-state index in [4.69, 9.17) is 0 Å². The van der Waals surface area contributed by atoms with Crippen molar-refractivity contribution in [2.45, 2.75) is 45.2 Å². The average Bonchev–Trinajstić information content (AvgIpc) is 2.95. The predicted octanol–water partition coefficient (Wildman–Crippen LogP) is 8.18. The molecule has 0 N–H and O–H groups in total. The lowest BCUT2D eigenvalue weighted by molar-refractivity contribution is 0.244. The van der Waals surface area contributed by atoms with E-state index in [9.17, 15) is 0 Å². The van der Waals surface area contributed by atoms with Gasteiger partial charge in [0.1, 0.15) is 0 Å². The van der Waals surface area contributed by atoms with Gasteiger partial charge in [0.15, 0.2) is 0 Å². The Bertz CT molecular complexity index is 1520. The maximum atomic E-state index is 4.54. The number of rotatable bonds is 11. The van der Waals surface area contributed by atoms with Crippen LogP contribution in [0.1, 0.15) is 42.6 Å². The quantitative estimate of drug-likeness (QED) is 0.137. The lowest BCUT2D eigenvalue weighted by Crippen LogP contribution is -2.25. The molecule has 0 amide bonds. The van der Waals surface area contributed by atoms with Gasteiger partial charge in [0.25, 0.3) is 0 Å². The van der Waals surface area contributed by atoms with Gasteiger partial charge in [-0.3, -0.25) is 14.9 Å². The van der Waals surface area contributed by atoms with Gasteiger partial charge in [-0.05, 0) is 88.0 Å². The van der Waals surface area contributed by atoms with Crippen LogP contribution < -0.4 is 0 Å². The molecule has 0 radical (unpaired) electrons. The number of hydrogen-bond donors (Lipinski definition) is 0.